The van der Waals surface area contributed by atoms with Gasteiger partial charge in [-0.25, -0.2) is 0 Å². The second-order valence-corrected chi connectivity index (χ2v) is 39.5. The Labute approximate surface area is 668 Å². The molecule has 0 aromatic heterocycles. The van der Waals surface area contributed by atoms with Gasteiger partial charge in [0.2, 0.25) is 0 Å². The molecule has 0 aromatic rings. The van der Waals surface area contributed by atoms with Crippen LogP contribution in [0, 0.1) is 64.6 Å². The van der Waals surface area contributed by atoms with Crippen LogP contribution in [-0.4, -0.2) is 0 Å². The van der Waals surface area contributed by atoms with Crippen LogP contribution in [0.2, 0.25) is 0 Å². The molecule has 0 N–H and O–H groups in total. The number of hydrogen-bond acceptors (Lipinski definition) is 0. The molecule has 2 saturated carbocycles. The predicted molar refractivity (Wildman–Crippen MR) is 482 cm³/mol. The molecule has 2 aliphatic carbocycles. The van der Waals surface area contributed by atoms with Gasteiger partial charge >= 0.3 is 0 Å². The normalized spacial score (nSPS) is 17.2. The third-order valence-electron chi connectivity index (χ3n) is 28.4. The van der Waals surface area contributed by atoms with E-state index in [4.69, 9.17) is 0 Å². The monoisotopic (exact) mass is 1470 g/mol. The molecule has 105 heavy (non-hydrogen) atoms. The highest BCUT2D eigenvalue weighted by Crippen LogP contribution is 2.54. The van der Waals surface area contributed by atoms with Gasteiger partial charge in [0, 0.05) is 0 Å². The molecule has 0 heteroatoms. The van der Waals surface area contributed by atoms with Crippen molar-refractivity contribution in [3.63, 3.8) is 0 Å². The van der Waals surface area contributed by atoms with Crippen LogP contribution in [-0.2, 0) is 0 Å². The van der Waals surface area contributed by atoms with Gasteiger partial charge in [0.1, 0.15) is 0 Å². The minimum atomic E-state index is 0.624. The van der Waals surface area contributed by atoms with Crippen molar-refractivity contribution in [2.45, 2.75) is 596 Å². The van der Waals surface area contributed by atoms with Gasteiger partial charge in [0.15, 0.2) is 0 Å². The second kappa shape index (κ2) is 75.1. The Morgan fingerprint density at radius 2 is 0.533 bits per heavy atom. The average Bonchev–Trinajstić information content (AvgIpc) is 1.75. The molecule has 2 fully saturated rings. The fourth-order valence-corrected chi connectivity index (χ4v) is 20.3. The Morgan fingerprint density at radius 3 is 0.724 bits per heavy atom. The molecule has 9 atom stereocenters. The summed E-state index contributed by atoms with van der Waals surface area (Å²) in [6, 6.07) is 0. The predicted octanol–water partition coefficient (Wildman–Crippen LogP) is 38.9. The van der Waals surface area contributed by atoms with Crippen LogP contribution in [0.5, 0.6) is 0 Å². The fraction of sp³-hybridized carbons (Fsp3) is 0.981. The van der Waals surface area contributed by atoms with E-state index in [2.05, 4.69) is 82.2 Å². The quantitative estimate of drug-likeness (QED) is 0.0421. The SMILES string of the molecule is CCCCCCCCCCCCCCCCCCCCCCCCCCCCCCCCCCCCCCCCCCCCCCCCCCCCCCCCCCCCCCCCCCCCCCCCCCCC(CC(C)C)C(C(C)C(C)CC)C(C)C(C(C)=CCC1CC1C)C(C)CC1(C)CC1. The Kier molecular flexibility index (Phi) is 72.1. The topological polar surface area (TPSA) is 0 Å². The Morgan fingerprint density at radius 1 is 0.314 bits per heavy atom. The number of rotatable bonds is 88. The Balaban J connectivity index is 1.22. The first-order valence-corrected chi connectivity index (χ1v) is 51.1. The van der Waals surface area contributed by atoms with E-state index in [1.54, 1.807) is 5.57 Å². The Hall–Kier alpha value is -0.260. The van der Waals surface area contributed by atoms with Gasteiger partial charge in [0.25, 0.3) is 0 Å². The zero-order chi connectivity index (χ0) is 75.8. The second-order valence-electron chi connectivity index (χ2n) is 39.5. The smallest absolute Gasteiger partial charge is 0.0152 e. The summed E-state index contributed by atoms with van der Waals surface area (Å²) in [5.41, 5.74) is 2.39. The summed E-state index contributed by atoms with van der Waals surface area (Å²) in [5, 5.41) is 0. The summed E-state index contributed by atoms with van der Waals surface area (Å²) in [4.78, 5) is 0. The van der Waals surface area contributed by atoms with Crippen LogP contribution in [0.4, 0.5) is 0 Å². The van der Waals surface area contributed by atoms with Crippen LogP contribution in [0.15, 0.2) is 11.6 Å². The first kappa shape index (κ1) is 101. The van der Waals surface area contributed by atoms with E-state index in [-0.39, 0.29) is 0 Å². The first-order valence-electron chi connectivity index (χ1n) is 51.1. The molecule has 0 bridgehead atoms. The highest BCUT2D eigenvalue weighted by molar-refractivity contribution is 5.11. The minimum Gasteiger partial charge on any atom is -0.0850 e. The molecule has 0 amide bonds. The summed E-state index contributed by atoms with van der Waals surface area (Å²) in [6.07, 6.45) is 123. The lowest BCUT2D eigenvalue weighted by Crippen LogP contribution is -2.38. The van der Waals surface area contributed by atoms with E-state index < -0.39 is 0 Å². The van der Waals surface area contributed by atoms with E-state index in [0.717, 1.165) is 59.2 Å². The summed E-state index contributed by atoms with van der Waals surface area (Å²) in [7, 11) is 0. The molecular formula is C105H206. The van der Waals surface area contributed by atoms with Gasteiger partial charge in [0.05, 0.1) is 0 Å². The summed E-state index contributed by atoms with van der Waals surface area (Å²) in [6.45, 7) is 28.2. The maximum absolute atomic E-state index is 2.75. The maximum Gasteiger partial charge on any atom is -0.0152 e. The molecule has 0 aliphatic heterocycles. The van der Waals surface area contributed by atoms with Crippen LogP contribution >= 0.6 is 0 Å². The zero-order valence-corrected chi connectivity index (χ0v) is 75.6. The lowest BCUT2D eigenvalue weighted by atomic mass is 9.60. The van der Waals surface area contributed by atoms with E-state index in [1.165, 1.54) is 520 Å². The molecule has 626 valence electrons. The van der Waals surface area contributed by atoms with E-state index in [1.807, 2.05) is 0 Å². The van der Waals surface area contributed by atoms with Crippen molar-refractivity contribution in [3.05, 3.63) is 11.6 Å². The van der Waals surface area contributed by atoms with Crippen molar-refractivity contribution in [1.82, 2.24) is 0 Å². The van der Waals surface area contributed by atoms with Gasteiger partial charge < -0.3 is 0 Å². The van der Waals surface area contributed by atoms with E-state index in [9.17, 15) is 0 Å². The van der Waals surface area contributed by atoms with Crippen molar-refractivity contribution in [1.29, 1.82) is 0 Å². The molecule has 9 unspecified atom stereocenters. The van der Waals surface area contributed by atoms with Crippen molar-refractivity contribution < 1.29 is 0 Å². The summed E-state index contributed by atoms with van der Waals surface area (Å²) >= 11 is 0. The van der Waals surface area contributed by atoms with Gasteiger partial charge in [-0.1, -0.05) is 562 Å². The van der Waals surface area contributed by atoms with Gasteiger partial charge in [-0.3, -0.25) is 0 Å². The largest absolute Gasteiger partial charge is 0.0850 e. The van der Waals surface area contributed by atoms with Crippen molar-refractivity contribution in [2.75, 3.05) is 0 Å². The van der Waals surface area contributed by atoms with Crippen LogP contribution < -0.4 is 0 Å². The molecule has 0 heterocycles. The Bertz CT molecular complexity index is 1730. The maximum atomic E-state index is 2.75. The number of allylic oxidation sites excluding steroid dienone is 2. The summed E-state index contributed by atoms with van der Waals surface area (Å²) < 4.78 is 0. The van der Waals surface area contributed by atoms with Gasteiger partial charge in [-0.05, 0) is 110 Å². The van der Waals surface area contributed by atoms with Crippen LogP contribution in [0.1, 0.15) is 596 Å². The number of unbranched alkanes of at least 4 members (excludes halogenated alkanes) is 72. The van der Waals surface area contributed by atoms with E-state index >= 15 is 0 Å². The molecule has 0 spiro atoms. The molecule has 0 radical (unpaired) electrons. The highest BCUT2D eigenvalue weighted by Gasteiger charge is 2.44. The van der Waals surface area contributed by atoms with Gasteiger partial charge in [-0.2, -0.15) is 0 Å². The van der Waals surface area contributed by atoms with Crippen molar-refractivity contribution >= 4 is 0 Å². The van der Waals surface area contributed by atoms with Crippen LogP contribution in [0.25, 0.3) is 0 Å². The zero-order valence-electron chi connectivity index (χ0n) is 75.6. The van der Waals surface area contributed by atoms with E-state index in [0.29, 0.717) is 5.41 Å². The highest BCUT2D eigenvalue weighted by atomic mass is 14.5. The lowest BCUT2D eigenvalue weighted by Gasteiger charge is -2.45. The molecule has 0 saturated heterocycles. The summed E-state index contributed by atoms with van der Waals surface area (Å²) in [5.74, 6) is 8.30. The van der Waals surface area contributed by atoms with Gasteiger partial charge in [-0.15, -0.1) is 0 Å². The lowest BCUT2D eigenvalue weighted by molar-refractivity contribution is 0.0588. The third kappa shape index (κ3) is 63.8. The minimum absolute atomic E-state index is 0.624. The fourth-order valence-electron chi connectivity index (χ4n) is 20.3. The van der Waals surface area contributed by atoms with Crippen molar-refractivity contribution in [2.24, 2.45) is 64.6 Å². The average molecular weight is 1470 g/mol. The number of hydrogen-bond donors (Lipinski definition) is 0. The molecule has 2 rings (SSSR count). The molecular weight excluding hydrogens is 1260 g/mol. The van der Waals surface area contributed by atoms with Crippen LogP contribution in [0.3, 0.4) is 0 Å². The molecule has 0 nitrogen and oxygen atoms in total. The molecule has 0 aromatic carbocycles. The third-order valence-corrected chi connectivity index (χ3v) is 28.4. The first-order chi connectivity index (χ1) is 51.4. The standard InChI is InChI=1S/C105H206/c1-12-14-15-16-17-18-19-20-21-22-23-24-25-26-27-28-29-30-31-32-33-34-35-36-37-38-39-40-41-42-43-44-45-46-47-48-49-50-51-52-53-54-55-56-57-58-59-60-61-62-63-64-65-66-67-68-69-70-71-72-73-74-75-76-77-78-79-80-81-82-83-84-85-86-102(91-94(3)4)104(99(9)95(5)13-2)100(10)103(98(8)93-105(11)89-90-105)96(6)87-88-101-92-97(101)7/h87,94-95,97-104H,12-86,88-93H2,1-11H3. The molecule has 2 aliphatic rings. The van der Waals surface area contributed by atoms with Crippen molar-refractivity contribution in [3.8, 4) is 0 Å².